The molecule has 0 bridgehead atoms. The lowest BCUT2D eigenvalue weighted by molar-refractivity contribution is 0.0461. The van der Waals surface area contributed by atoms with Crippen molar-refractivity contribution in [2.75, 3.05) is 13.1 Å². The van der Waals surface area contributed by atoms with E-state index < -0.39 is 5.60 Å². The smallest absolute Gasteiger partial charge is 0.407 e. The molecule has 0 aliphatic heterocycles. The molecule has 1 fully saturated rings. The van der Waals surface area contributed by atoms with Crippen LogP contribution in [0.4, 0.5) is 4.79 Å². The Morgan fingerprint density at radius 2 is 1.90 bits per heavy atom. The van der Waals surface area contributed by atoms with E-state index in [-0.39, 0.29) is 18.2 Å². The van der Waals surface area contributed by atoms with Gasteiger partial charge in [0.2, 0.25) is 0 Å². The minimum Gasteiger partial charge on any atom is -0.444 e. The zero-order valence-electron chi connectivity index (χ0n) is 14.5. The number of amides is 1. The normalized spacial score (nSPS) is 18.7. The van der Waals surface area contributed by atoms with Gasteiger partial charge in [-0.1, -0.05) is 13.8 Å². The molecule has 1 rings (SSSR count). The first-order valence-corrected chi connectivity index (χ1v) is 8.09. The van der Waals surface area contributed by atoms with Crippen LogP contribution in [-0.2, 0) is 4.74 Å². The number of carbonyl (C=O) groups is 1. The van der Waals surface area contributed by atoms with Crippen LogP contribution >= 0.6 is 0 Å². The third kappa shape index (κ3) is 6.66. The average molecular weight is 299 g/mol. The number of hydrogen-bond donors (Lipinski definition) is 2. The fourth-order valence-corrected chi connectivity index (χ4v) is 2.60. The molecular formula is C16H33N3O2. The molecule has 21 heavy (non-hydrogen) atoms. The van der Waals surface area contributed by atoms with E-state index in [1.807, 2.05) is 27.7 Å². The Balaban J connectivity index is 2.62. The fraction of sp³-hybridized carbons (Fsp3) is 0.938. The van der Waals surface area contributed by atoms with E-state index in [9.17, 15) is 4.79 Å². The van der Waals surface area contributed by atoms with Gasteiger partial charge in [0.25, 0.3) is 0 Å². The maximum Gasteiger partial charge on any atom is 0.407 e. The molecule has 0 saturated heterocycles. The topological polar surface area (TPSA) is 67.6 Å². The summed E-state index contributed by atoms with van der Waals surface area (Å²) in [5, 5.41) is 2.94. The van der Waals surface area contributed by atoms with Crippen LogP contribution < -0.4 is 11.1 Å². The summed E-state index contributed by atoms with van der Waals surface area (Å²) in [5.41, 5.74) is 5.51. The quantitative estimate of drug-likeness (QED) is 0.757. The first-order valence-electron chi connectivity index (χ1n) is 8.09. The van der Waals surface area contributed by atoms with Crippen LogP contribution in [0.5, 0.6) is 0 Å². The summed E-state index contributed by atoms with van der Waals surface area (Å²) in [6, 6.07) is 0.764. The predicted molar refractivity (Wildman–Crippen MR) is 86.2 cm³/mol. The van der Waals surface area contributed by atoms with E-state index in [1.165, 1.54) is 12.8 Å². The number of nitrogens with zero attached hydrogens (tertiary/aromatic N) is 1. The fourth-order valence-electron chi connectivity index (χ4n) is 2.60. The Bertz CT molecular complexity index is 335. The standard InChI is InChI=1S/C16H33N3O2/c1-11(2)10-19(13-7-8-13)14(9-17)12(3)18-15(20)21-16(4,5)6/h11-14H,7-10,17H2,1-6H3,(H,18,20). The molecule has 0 radical (unpaired) electrons. The highest BCUT2D eigenvalue weighted by molar-refractivity contribution is 5.68. The van der Waals surface area contributed by atoms with Crippen LogP contribution in [0.1, 0.15) is 54.4 Å². The average Bonchev–Trinajstić information content (AvgIpc) is 3.08. The Morgan fingerprint density at radius 3 is 2.29 bits per heavy atom. The summed E-state index contributed by atoms with van der Waals surface area (Å²) < 4.78 is 5.33. The van der Waals surface area contributed by atoms with Crippen molar-refractivity contribution < 1.29 is 9.53 Å². The molecule has 0 aromatic rings. The van der Waals surface area contributed by atoms with Crippen LogP contribution in [0.15, 0.2) is 0 Å². The van der Waals surface area contributed by atoms with Gasteiger partial charge in [-0.05, 0) is 46.5 Å². The summed E-state index contributed by atoms with van der Waals surface area (Å²) in [6.07, 6.45) is 2.11. The molecule has 1 saturated carbocycles. The van der Waals surface area contributed by atoms with Gasteiger partial charge < -0.3 is 15.8 Å². The Labute approximate surface area is 129 Å². The Hall–Kier alpha value is -0.810. The van der Waals surface area contributed by atoms with Gasteiger partial charge in [0.1, 0.15) is 5.60 Å². The third-order valence-electron chi connectivity index (χ3n) is 3.58. The van der Waals surface area contributed by atoms with E-state index in [1.54, 1.807) is 0 Å². The molecule has 0 heterocycles. The highest BCUT2D eigenvalue weighted by Gasteiger charge is 2.36. The number of hydrogen-bond acceptors (Lipinski definition) is 4. The number of alkyl carbamates (subject to hydrolysis) is 1. The largest absolute Gasteiger partial charge is 0.444 e. The third-order valence-corrected chi connectivity index (χ3v) is 3.58. The molecule has 0 aromatic carbocycles. The van der Waals surface area contributed by atoms with Gasteiger partial charge in [0, 0.05) is 31.2 Å². The summed E-state index contributed by atoms with van der Waals surface area (Å²) in [4.78, 5) is 14.4. The molecule has 0 aromatic heterocycles. The lowest BCUT2D eigenvalue weighted by atomic mass is 10.1. The lowest BCUT2D eigenvalue weighted by Crippen LogP contribution is -2.55. The summed E-state index contributed by atoms with van der Waals surface area (Å²) in [7, 11) is 0. The zero-order valence-corrected chi connectivity index (χ0v) is 14.5. The molecule has 2 atom stereocenters. The summed E-state index contributed by atoms with van der Waals surface area (Å²) in [6.45, 7) is 13.6. The van der Waals surface area contributed by atoms with Crippen molar-refractivity contribution in [3.63, 3.8) is 0 Å². The van der Waals surface area contributed by atoms with Gasteiger partial charge in [0.15, 0.2) is 0 Å². The number of nitrogens with one attached hydrogen (secondary N) is 1. The van der Waals surface area contributed by atoms with E-state index >= 15 is 0 Å². The van der Waals surface area contributed by atoms with Gasteiger partial charge in [0.05, 0.1) is 0 Å². The van der Waals surface area contributed by atoms with Gasteiger partial charge in [-0.15, -0.1) is 0 Å². The van der Waals surface area contributed by atoms with Gasteiger partial charge in [-0.3, -0.25) is 4.90 Å². The van der Waals surface area contributed by atoms with E-state index in [0.717, 1.165) is 6.54 Å². The second-order valence-corrected chi connectivity index (χ2v) is 7.56. The molecular weight excluding hydrogens is 266 g/mol. The van der Waals surface area contributed by atoms with Gasteiger partial charge in [-0.2, -0.15) is 0 Å². The maximum absolute atomic E-state index is 11.9. The van der Waals surface area contributed by atoms with Crippen molar-refractivity contribution in [2.45, 2.75) is 78.1 Å². The molecule has 2 unspecified atom stereocenters. The van der Waals surface area contributed by atoms with Crippen molar-refractivity contribution in [3.8, 4) is 0 Å². The van der Waals surface area contributed by atoms with E-state index in [2.05, 4.69) is 24.1 Å². The second kappa shape index (κ2) is 7.45. The highest BCUT2D eigenvalue weighted by atomic mass is 16.6. The molecule has 5 nitrogen and oxygen atoms in total. The van der Waals surface area contributed by atoms with Crippen molar-refractivity contribution >= 4 is 6.09 Å². The first-order chi connectivity index (χ1) is 9.64. The summed E-state index contributed by atoms with van der Waals surface area (Å²) >= 11 is 0. The van der Waals surface area contributed by atoms with E-state index in [0.29, 0.717) is 18.5 Å². The van der Waals surface area contributed by atoms with Crippen LogP contribution in [0.3, 0.4) is 0 Å². The Morgan fingerprint density at radius 1 is 1.33 bits per heavy atom. The lowest BCUT2D eigenvalue weighted by Gasteiger charge is -2.36. The zero-order chi connectivity index (χ0) is 16.2. The van der Waals surface area contributed by atoms with Crippen LogP contribution in [0, 0.1) is 5.92 Å². The molecule has 1 amide bonds. The SMILES string of the molecule is CC(C)CN(C1CC1)C(CN)C(C)NC(=O)OC(C)(C)C. The van der Waals surface area contributed by atoms with E-state index in [4.69, 9.17) is 10.5 Å². The van der Waals surface area contributed by atoms with Crippen LogP contribution in [-0.4, -0.2) is 47.8 Å². The second-order valence-electron chi connectivity index (χ2n) is 7.56. The Kier molecular flexibility index (Phi) is 6.47. The minimum absolute atomic E-state index is 0.0239. The van der Waals surface area contributed by atoms with Crippen molar-refractivity contribution in [3.05, 3.63) is 0 Å². The van der Waals surface area contributed by atoms with Crippen molar-refractivity contribution in [2.24, 2.45) is 11.7 Å². The minimum atomic E-state index is -0.476. The molecule has 3 N–H and O–H groups in total. The number of rotatable bonds is 7. The molecule has 1 aliphatic carbocycles. The molecule has 124 valence electrons. The molecule has 1 aliphatic rings. The van der Waals surface area contributed by atoms with Gasteiger partial charge in [-0.25, -0.2) is 4.79 Å². The van der Waals surface area contributed by atoms with Crippen molar-refractivity contribution in [1.29, 1.82) is 0 Å². The van der Waals surface area contributed by atoms with Crippen molar-refractivity contribution in [1.82, 2.24) is 10.2 Å². The first kappa shape index (κ1) is 18.2. The monoisotopic (exact) mass is 299 g/mol. The number of carbonyl (C=O) groups excluding carboxylic acids is 1. The maximum atomic E-state index is 11.9. The van der Waals surface area contributed by atoms with Gasteiger partial charge >= 0.3 is 6.09 Å². The predicted octanol–water partition coefficient (Wildman–Crippen LogP) is 2.35. The molecule has 5 heteroatoms. The number of nitrogens with two attached hydrogens (primary N) is 1. The highest BCUT2D eigenvalue weighted by Crippen LogP contribution is 2.30. The van der Waals surface area contributed by atoms with Crippen LogP contribution in [0.25, 0.3) is 0 Å². The molecule has 0 spiro atoms. The number of ether oxygens (including phenoxy) is 1. The van der Waals surface area contributed by atoms with Crippen LogP contribution in [0.2, 0.25) is 0 Å². The summed E-state index contributed by atoms with van der Waals surface area (Å²) in [5.74, 6) is 0.591.